The van der Waals surface area contributed by atoms with Gasteiger partial charge in [-0.25, -0.2) is 8.42 Å². The van der Waals surface area contributed by atoms with Crippen molar-refractivity contribution in [3.63, 3.8) is 0 Å². The normalized spacial score (nSPS) is 12.1. The van der Waals surface area contributed by atoms with Crippen LogP contribution in [-0.2, 0) is 14.8 Å². The van der Waals surface area contributed by atoms with Crippen molar-refractivity contribution in [2.75, 3.05) is 18.0 Å². The molecule has 0 bridgehead atoms. The van der Waals surface area contributed by atoms with Crippen LogP contribution in [0.25, 0.3) is 0 Å². The van der Waals surface area contributed by atoms with Gasteiger partial charge in [0.15, 0.2) is 0 Å². The summed E-state index contributed by atoms with van der Waals surface area (Å²) >= 11 is 12.1. The molecule has 32 heavy (non-hydrogen) atoms. The van der Waals surface area contributed by atoms with Crippen LogP contribution in [0.2, 0.25) is 10.0 Å². The first-order valence-corrected chi connectivity index (χ1v) is 11.9. The van der Waals surface area contributed by atoms with Gasteiger partial charge in [-0.1, -0.05) is 53.5 Å². The van der Waals surface area contributed by atoms with Crippen molar-refractivity contribution < 1.29 is 17.9 Å². The van der Waals surface area contributed by atoms with Gasteiger partial charge in [0.25, 0.3) is 10.0 Å². The SMILES string of the molecule is COc1ccc(C(C)NC(=O)CN(c2ccc(Cl)c(Cl)c2)S(=O)(=O)c2ccccc2)cc1. The number of carbonyl (C=O) groups is 1. The summed E-state index contributed by atoms with van der Waals surface area (Å²) in [5, 5.41) is 3.31. The predicted molar refractivity (Wildman–Crippen MR) is 127 cm³/mol. The number of halogens is 2. The van der Waals surface area contributed by atoms with Crippen LogP contribution in [0.3, 0.4) is 0 Å². The van der Waals surface area contributed by atoms with Gasteiger partial charge in [-0.3, -0.25) is 9.10 Å². The molecule has 3 aromatic rings. The Kier molecular flexibility index (Phi) is 7.66. The minimum atomic E-state index is -4.03. The number of nitrogens with zero attached hydrogens (tertiary/aromatic N) is 1. The van der Waals surface area contributed by atoms with Gasteiger partial charge >= 0.3 is 0 Å². The van der Waals surface area contributed by atoms with E-state index in [2.05, 4.69) is 5.32 Å². The third-order valence-corrected chi connectivity index (χ3v) is 7.33. The summed E-state index contributed by atoms with van der Waals surface area (Å²) in [5.74, 6) is 0.228. The monoisotopic (exact) mass is 492 g/mol. The highest BCUT2D eigenvalue weighted by Gasteiger charge is 2.28. The van der Waals surface area contributed by atoms with Crippen molar-refractivity contribution in [1.82, 2.24) is 5.32 Å². The average Bonchev–Trinajstić information content (AvgIpc) is 2.80. The van der Waals surface area contributed by atoms with Gasteiger partial charge < -0.3 is 10.1 Å². The molecule has 0 saturated heterocycles. The molecule has 0 aromatic heterocycles. The Morgan fingerprint density at radius 3 is 2.25 bits per heavy atom. The van der Waals surface area contributed by atoms with Crippen LogP contribution in [0.4, 0.5) is 5.69 Å². The molecule has 3 rings (SSSR count). The lowest BCUT2D eigenvalue weighted by Gasteiger charge is -2.25. The number of methoxy groups -OCH3 is 1. The highest BCUT2D eigenvalue weighted by Crippen LogP contribution is 2.30. The van der Waals surface area contributed by atoms with Crippen molar-refractivity contribution in [2.24, 2.45) is 0 Å². The van der Waals surface area contributed by atoms with E-state index in [9.17, 15) is 13.2 Å². The Morgan fingerprint density at radius 2 is 1.66 bits per heavy atom. The molecule has 0 aliphatic rings. The summed E-state index contributed by atoms with van der Waals surface area (Å²) in [4.78, 5) is 12.9. The quantitative estimate of drug-likeness (QED) is 0.475. The summed E-state index contributed by atoms with van der Waals surface area (Å²) in [7, 11) is -2.46. The lowest BCUT2D eigenvalue weighted by molar-refractivity contribution is -0.120. The Bertz CT molecular complexity index is 1190. The van der Waals surface area contributed by atoms with E-state index in [-0.39, 0.29) is 26.7 Å². The second-order valence-corrected chi connectivity index (χ2v) is 9.66. The smallest absolute Gasteiger partial charge is 0.264 e. The fraction of sp³-hybridized carbons (Fsp3) is 0.174. The van der Waals surface area contributed by atoms with Crippen LogP contribution in [0.1, 0.15) is 18.5 Å². The van der Waals surface area contributed by atoms with E-state index in [1.54, 1.807) is 37.4 Å². The average molecular weight is 493 g/mol. The highest BCUT2D eigenvalue weighted by atomic mass is 35.5. The van der Waals surface area contributed by atoms with Crippen molar-refractivity contribution in [3.05, 3.63) is 88.4 Å². The largest absolute Gasteiger partial charge is 0.497 e. The Hall–Kier alpha value is -2.74. The first-order chi connectivity index (χ1) is 15.2. The van der Waals surface area contributed by atoms with E-state index in [1.807, 2.05) is 19.1 Å². The number of rotatable bonds is 8. The fourth-order valence-electron chi connectivity index (χ4n) is 3.07. The number of benzene rings is 3. The third-order valence-electron chi connectivity index (χ3n) is 4.80. The number of carbonyl (C=O) groups excluding carboxylic acids is 1. The van der Waals surface area contributed by atoms with E-state index in [0.717, 1.165) is 9.87 Å². The lowest BCUT2D eigenvalue weighted by atomic mass is 10.1. The zero-order valence-corrected chi connectivity index (χ0v) is 19.8. The van der Waals surface area contributed by atoms with E-state index in [1.165, 1.54) is 30.3 Å². The minimum Gasteiger partial charge on any atom is -0.497 e. The van der Waals surface area contributed by atoms with E-state index in [4.69, 9.17) is 27.9 Å². The standard InChI is InChI=1S/C23H22Cl2N2O4S/c1-16(17-8-11-19(31-2)12-9-17)26-23(28)15-27(18-10-13-21(24)22(25)14-18)32(29,30)20-6-4-3-5-7-20/h3-14,16H,15H2,1-2H3,(H,26,28). The number of ether oxygens (including phenoxy) is 1. The van der Waals surface area contributed by atoms with Crippen LogP contribution in [0.5, 0.6) is 5.75 Å². The topological polar surface area (TPSA) is 75.7 Å². The number of hydrogen-bond acceptors (Lipinski definition) is 4. The van der Waals surface area contributed by atoms with Gasteiger partial charge in [0, 0.05) is 0 Å². The van der Waals surface area contributed by atoms with Gasteiger partial charge in [-0.15, -0.1) is 0 Å². The summed E-state index contributed by atoms with van der Waals surface area (Å²) < 4.78 is 32.9. The lowest BCUT2D eigenvalue weighted by Crippen LogP contribution is -2.41. The minimum absolute atomic E-state index is 0.0575. The second kappa shape index (κ2) is 10.3. The number of amides is 1. The first kappa shape index (κ1) is 23.9. The maximum absolute atomic E-state index is 13.3. The summed E-state index contributed by atoms with van der Waals surface area (Å²) in [6.45, 7) is 1.38. The number of nitrogens with one attached hydrogen (secondary N) is 1. The van der Waals surface area contributed by atoms with Crippen molar-refractivity contribution in [3.8, 4) is 5.75 Å². The summed E-state index contributed by atoms with van der Waals surface area (Å²) in [6.07, 6.45) is 0. The molecule has 1 atom stereocenters. The van der Waals surface area contributed by atoms with Gasteiger partial charge in [-0.2, -0.15) is 0 Å². The molecular weight excluding hydrogens is 471 g/mol. The molecule has 1 unspecified atom stereocenters. The number of sulfonamides is 1. The molecule has 6 nitrogen and oxygen atoms in total. The van der Waals surface area contributed by atoms with Crippen LogP contribution in [0, 0.1) is 0 Å². The number of anilines is 1. The predicted octanol–water partition coefficient (Wildman–Crippen LogP) is 5.07. The fourth-order valence-corrected chi connectivity index (χ4v) is 4.79. The molecule has 0 aliphatic heterocycles. The molecule has 0 saturated carbocycles. The molecule has 0 heterocycles. The molecule has 3 aromatic carbocycles. The Balaban J connectivity index is 1.88. The van der Waals surface area contributed by atoms with Gasteiger partial charge in [0.05, 0.1) is 33.8 Å². The zero-order valence-electron chi connectivity index (χ0n) is 17.5. The van der Waals surface area contributed by atoms with Gasteiger partial charge in [-0.05, 0) is 55.0 Å². The van der Waals surface area contributed by atoms with E-state index < -0.39 is 22.5 Å². The second-order valence-electron chi connectivity index (χ2n) is 6.99. The molecule has 0 spiro atoms. The van der Waals surface area contributed by atoms with Gasteiger partial charge in [0.1, 0.15) is 12.3 Å². The Morgan fingerprint density at radius 1 is 1.00 bits per heavy atom. The number of hydrogen-bond donors (Lipinski definition) is 1. The van der Waals surface area contributed by atoms with Crippen molar-refractivity contribution >= 4 is 44.8 Å². The molecule has 1 N–H and O–H groups in total. The van der Waals surface area contributed by atoms with Crippen molar-refractivity contribution in [2.45, 2.75) is 17.9 Å². The molecule has 0 fully saturated rings. The summed E-state index contributed by atoms with van der Waals surface area (Å²) in [5.41, 5.74) is 1.08. The van der Waals surface area contributed by atoms with Gasteiger partial charge in [0.2, 0.25) is 5.91 Å². The summed E-state index contributed by atoms with van der Waals surface area (Å²) in [6, 6.07) is 19.2. The maximum Gasteiger partial charge on any atom is 0.264 e. The van der Waals surface area contributed by atoms with E-state index >= 15 is 0 Å². The van der Waals surface area contributed by atoms with Crippen LogP contribution in [0.15, 0.2) is 77.7 Å². The maximum atomic E-state index is 13.3. The molecule has 1 amide bonds. The molecule has 168 valence electrons. The zero-order chi connectivity index (χ0) is 23.3. The first-order valence-electron chi connectivity index (χ1n) is 9.68. The Labute approximate surface area is 197 Å². The molecular formula is C23H22Cl2N2O4S. The highest BCUT2D eigenvalue weighted by molar-refractivity contribution is 7.92. The molecule has 0 radical (unpaired) electrons. The van der Waals surface area contributed by atoms with E-state index in [0.29, 0.717) is 5.75 Å². The van der Waals surface area contributed by atoms with Crippen LogP contribution >= 0.6 is 23.2 Å². The molecule has 9 heteroatoms. The van der Waals surface area contributed by atoms with Crippen LogP contribution < -0.4 is 14.4 Å². The van der Waals surface area contributed by atoms with Crippen molar-refractivity contribution in [1.29, 1.82) is 0 Å². The third kappa shape index (κ3) is 5.54. The molecule has 0 aliphatic carbocycles. The van der Waals surface area contributed by atoms with Crippen LogP contribution in [-0.4, -0.2) is 28.0 Å².